The molecule has 0 fully saturated rings. The quantitative estimate of drug-likeness (QED) is 0.368. The van der Waals surface area contributed by atoms with Crippen molar-refractivity contribution in [1.29, 1.82) is 10.5 Å². The zero-order valence-corrected chi connectivity index (χ0v) is 16.3. The lowest BCUT2D eigenvalue weighted by atomic mass is 10.2. The number of ketones is 1. The van der Waals surface area contributed by atoms with E-state index in [-0.39, 0.29) is 34.7 Å². The molecule has 4 aromatic rings. The van der Waals surface area contributed by atoms with Crippen molar-refractivity contribution in [2.24, 2.45) is 0 Å². The Morgan fingerprint density at radius 3 is 1.88 bits per heavy atom. The van der Waals surface area contributed by atoms with E-state index in [1.54, 1.807) is 60.7 Å². The Morgan fingerprint density at radius 2 is 1.38 bits per heavy atom. The van der Waals surface area contributed by atoms with Crippen LogP contribution in [0.25, 0.3) is 21.1 Å². The summed E-state index contributed by atoms with van der Waals surface area (Å²) in [6, 6.07) is 20.9. The van der Waals surface area contributed by atoms with Crippen LogP contribution in [0.5, 0.6) is 0 Å². The molecule has 0 atom stereocenters. The van der Waals surface area contributed by atoms with Gasteiger partial charge in [-0.1, -0.05) is 54.5 Å². The molecule has 0 amide bonds. The van der Waals surface area contributed by atoms with Gasteiger partial charge in [0.2, 0.25) is 0 Å². The van der Waals surface area contributed by atoms with Crippen LogP contribution in [0.1, 0.15) is 27.8 Å². The summed E-state index contributed by atoms with van der Waals surface area (Å²) < 4.78 is 2.56. The zero-order chi connectivity index (χ0) is 22.7. The number of hydrogen-bond acceptors (Lipinski definition) is 5. The highest BCUT2D eigenvalue weighted by Gasteiger charge is 2.35. The molecule has 0 saturated heterocycles. The first kappa shape index (κ1) is 19.8. The van der Waals surface area contributed by atoms with E-state index in [1.165, 1.54) is 9.13 Å². The Morgan fingerprint density at radius 1 is 0.812 bits per heavy atom. The molecule has 2 heterocycles. The van der Waals surface area contributed by atoms with Gasteiger partial charge < -0.3 is 9.69 Å². The Balaban J connectivity index is 2.03. The Bertz CT molecular complexity index is 1400. The van der Waals surface area contributed by atoms with E-state index in [4.69, 9.17) is 13.1 Å². The summed E-state index contributed by atoms with van der Waals surface area (Å²) in [6.07, 6.45) is 0. The molecule has 9 heteroatoms. The molecular weight excluding hydrogens is 404 g/mol. The van der Waals surface area contributed by atoms with Gasteiger partial charge in [-0.25, -0.2) is 9.55 Å². The number of benzene rings is 2. The van der Waals surface area contributed by atoms with Gasteiger partial charge in [0, 0.05) is 5.69 Å². The summed E-state index contributed by atoms with van der Waals surface area (Å²) in [7, 11) is 0. The molecule has 0 saturated carbocycles. The van der Waals surface area contributed by atoms with Gasteiger partial charge >= 0.3 is 11.6 Å². The Hall–Kier alpha value is -5.51. The molecule has 148 valence electrons. The number of rotatable bonds is 4. The van der Waals surface area contributed by atoms with Crippen molar-refractivity contribution in [1.82, 2.24) is 19.1 Å². The minimum atomic E-state index is -0.740. The van der Waals surface area contributed by atoms with Gasteiger partial charge in [0.1, 0.15) is 17.8 Å². The molecule has 0 aliphatic rings. The lowest BCUT2D eigenvalue weighted by molar-refractivity contribution is 0.101. The number of aromatic nitrogens is 4. The minimum Gasteiger partial charge on any atom is -0.373 e. The first-order chi connectivity index (χ1) is 15.6. The summed E-state index contributed by atoms with van der Waals surface area (Å²) in [6.45, 7) is 14.9. The first-order valence-corrected chi connectivity index (χ1v) is 9.10. The molecule has 0 aliphatic heterocycles. The third kappa shape index (κ3) is 3.06. The van der Waals surface area contributed by atoms with Crippen molar-refractivity contribution >= 4 is 17.4 Å². The van der Waals surface area contributed by atoms with Crippen LogP contribution >= 0.6 is 0 Å². The highest BCUT2D eigenvalue weighted by atomic mass is 16.1. The summed E-state index contributed by atoms with van der Waals surface area (Å²) in [5.74, 6) is -1.53. The third-order valence-electron chi connectivity index (χ3n) is 4.57. The van der Waals surface area contributed by atoms with Crippen molar-refractivity contribution in [2.45, 2.75) is 0 Å². The highest BCUT2D eigenvalue weighted by Crippen LogP contribution is 2.33. The molecule has 0 aliphatic carbocycles. The fourth-order valence-electron chi connectivity index (χ4n) is 3.23. The maximum Gasteiger partial charge on any atom is 0.352 e. The van der Waals surface area contributed by atoms with Gasteiger partial charge in [-0.15, -0.1) is 0 Å². The van der Waals surface area contributed by atoms with E-state index in [0.29, 0.717) is 11.4 Å². The largest absolute Gasteiger partial charge is 0.373 e. The number of nitrogens with zero attached hydrogens (tertiary/aromatic N) is 8. The van der Waals surface area contributed by atoms with Crippen LogP contribution in [0.15, 0.2) is 60.7 Å². The topological polar surface area (TPSA) is 109 Å². The smallest absolute Gasteiger partial charge is 0.352 e. The second-order valence-corrected chi connectivity index (χ2v) is 6.33. The molecule has 0 N–H and O–H groups in total. The van der Waals surface area contributed by atoms with Crippen molar-refractivity contribution in [2.75, 3.05) is 0 Å². The van der Waals surface area contributed by atoms with Gasteiger partial charge in [0.25, 0.3) is 11.6 Å². The highest BCUT2D eigenvalue weighted by molar-refractivity contribution is 6.06. The number of carbonyl (C=O) groups is 1. The maximum absolute atomic E-state index is 13.6. The molecular formula is C23H10N8O. The van der Waals surface area contributed by atoms with Gasteiger partial charge in [-0.2, -0.15) is 10.5 Å². The van der Waals surface area contributed by atoms with Gasteiger partial charge in [0.15, 0.2) is 17.2 Å². The van der Waals surface area contributed by atoms with Crippen LogP contribution in [0, 0.1) is 35.8 Å². The van der Waals surface area contributed by atoms with Crippen molar-refractivity contribution in [3.05, 3.63) is 107 Å². The fourth-order valence-corrected chi connectivity index (χ4v) is 3.23. The monoisotopic (exact) mass is 414 g/mol. The lowest BCUT2D eigenvalue weighted by Crippen LogP contribution is -2.16. The maximum atomic E-state index is 13.6. The molecule has 0 spiro atoms. The van der Waals surface area contributed by atoms with Crippen LogP contribution < -0.4 is 0 Å². The van der Waals surface area contributed by atoms with Crippen molar-refractivity contribution < 1.29 is 4.79 Å². The standard InChI is InChI=1S/C23H10N8O/c1-26-20-23(27-2)31(16-11-7-4-8-12-16)22(29-20)19(32)21-28-17(13-24)18(14-25)30(21)15-9-5-3-6-10-15/h3-12H. The number of para-hydroxylation sites is 2. The molecule has 32 heavy (non-hydrogen) atoms. The predicted octanol–water partition coefficient (Wildman–Crippen LogP) is 4.13. The molecule has 0 unspecified atom stereocenters. The number of imidazole rings is 2. The predicted molar refractivity (Wildman–Crippen MR) is 113 cm³/mol. The van der Waals surface area contributed by atoms with Crippen LogP contribution in [0.4, 0.5) is 11.6 Å². The molecule has 0 radical (unpaired) electrons. The van der Waals surface area contributed by atoms with Crippen molar-refractivity contribution in [3.8, 4) is 23.5 Å². The van der Waals surface area contributed by atoms with Gasteiger partial charge in [-0.3, -0.25) is 9.36 Å². The van der Waals surface area contributed by atoms with E-state index < -0.39 is 5.78 Å². The van der Waals surface area contributed by atoms with Crippen molar-refractivity contribution in [3.63, 3.8) is 0 Å². The minimum absolute atomic E-state index is 0.101. The Labute approximate surface area is 182 Å². The average molecular weight is 414 g/mol. The summed E-state index contributed by atoms with van der Waals surface area (Å²) in [5.41, 5.74) is 0.599. The fraction of sp³-hybridized carbons (Fsp3) is 0. The normalized spacial score (nSPS) is 9.88. The summed E-state index contributed by atoms with van der Waals surface area (Å²) in [4.78, 5) is 28.5. The van der Waals surface area contributed by atoms with E-state index in [9.17, 15) is 15.3 Å². The molecule has 2 aromatic carbocycles. The molecule has 2 aromatic heterocycles. The zero-order valence-electron chi connectivity index (χ0n) is 16.3. The first-order valence-electron chi connectivity index (χ1n) is 9.10. The second-order valence-electron chi connectivity index (χ2n) is 6.33. The Kier molecular flexibility index (Phi) is 5.00. The number of carbonyl (C=O) groups excluding carboxylic acids is 1. The van der Waals surface area contributed by atoms with E-state index >= 15 is 0 Å². The number of hydrogen-bond donors (Lipinski definition) is 0. The SMILES string of the molecule is [C-]#[N+]c1nc(C(=O)c2nc(C#N)c(C#N)n2-c2ccccc2)n(-c2ccccc2)c1[N+]#[C-]. The number of nitriles is 2. The van der Waals surface area contributed by atoms with Crippen LogP contribution in [0.3, 0.4) is 0 Å². The van der Waals surface area contributed by atoms with Crippen LogP contribution in [-0.4, -0.2) is 24.9 Å². The molecule has 4 rings (SSSR count). The lowest BCUT2D eigenvalue weighted by Gasteiger charge is -2.07. The van der Waals surface area contributed by atoms with E-state index in [0.717, 1.165) is 0 Å². The van der Waals surface area contributed by atoms with Crippen LogP contribution in [-0.2, 0) is 0 Å². The third-order valence-corrected chi connectivity index (χ3v) is 4.57. The summed E-state index contributed by atoms with van der Waals surface area (Å²) >= 11 is 0. The molecule has 0 bridgehead atoms. The van der Waals surface area contributed by atoms with Gasteiger partial charge in [0.05, 0.1) is 0 Å². The van der Waals surface area contributed by atoms with E-state index in [2.05, 4.69) is 19.7 Å². The average Bonchev–Trinajstić information content (AvgIpc) is 3.42. The van der Waals surface area contributed by atoms with Gasteiger partial charge in [-0.05, 0) is 24.3 Å². The second kappa shape index (κ2) is 8.08. The van der Waals surface area contributed by atoms with Crippen LogP contribution in [0.2, 0.25) is 0 Å². The molecule has 9 nitrogen and oxygen atoms in total. The van der Waals surface area contributed by atoms with E-state index in [1.807, 2.05) is 12.1 Å². The summed E-state index contributed by atoms with van der Waals surface area (Å²) in [5, 5.41) is 19.1.